The maximum absolute atomic E-state index is 14.9. The molecule has 2 saturated heterocycles. The average molecular weight is 1250 g/mol. The van der Waals surface area contributed by atoms with Gasteiger partial charge < -0.3 is 35.4 Å². The maximum atomic E-state index is 14.9. The molecule has 0 radical (unpaired) electrons. The SMILES string of the molecule is CC[C@H](C)C(CC(=O)[C@H]1CCCCN1C)C(=O)N(C)[C@H](C[C@@H](OC(C)=O)c1nc(C(=O)N(C)[C@@H](CSc2nccs2)C(=O)C[C@H](CCCCN)C(=O)N[C@@H](Cc2ccccc2)C(=O)N2CCN(C(=O)CCCN3C(=O)C=CC3=O)CC2)cs1)C(C)C. The van der Waals surface area contributed by atoms with E-state index in [-0.39, 0.29) is 124 Å². The molecule has 3 aliphatic heterocycles. The zero-order chi connectivity index (χ0) is 62.6. The molecular formula is C62H88N10O11S3. The molecule has 0 spiro atoms. The molecule has 0 bridgehead atoms. The van der Waals surface area contributed by atoms with E-state index in [1.165, 1.54) is 54.1 Å². The molecule has 3 aromatic rings. The first kappa shape index (κ1) is 68.9. The van der Waals surface area contributed by atoms with Crippen LogP contribution in [0.4, 0.5) is 0 Å². The number of piperazine rings is 1. The molecule has 0 saturated carbocycles. The molecule has 7 amide bonds. The number of unbranched alkanes of at least 4 members (excludes halogenated alkanes) is 1. The van der Waals surface area contributed by atoms with Crippen molar-refractivity contribution < 1.29 is 52.7 Å². The lowest BCUT2D eigenvalue weighted by atomic mass is 9.83. The number of benzene rings is 1. The number of nitrogens with zero attached hydrogens (tertiary/aromatic N) is 8. The Hall–Kier alpha value is -6.21. The Morgan fingerprint density at radius 3 is 2.21 bits per heavy atom. The number of thiazole rings is 2. The lowest BCUT2D eigenvalue weighted by molar-refractivity contribution is -0.149. The van der Waals surface area contributed by atoms with Gasteiger partial charge in [0.15, 0.2) is 17.7 Å². The van der Waals surface area contributed by atoms with E-state index in [1.54, 1.807) is 38.7 Å². The number of nitrogens with two attached hydrogens (primary N) is 1. The van der Waals surface area contributed by atoms with Crippen LogP contribution in [0.25, 0.3) is 0 Å². The topological polar surface area (TPSA) is 263 Å². The zero-order valence-corrected chi connectivity index (χ0v) is 53.6. The van der Waals surface area contributed by atoms with Crippen molar-refractivity contribution in [1.82, 2.24) is 44.7 Å². The Bertz CT molecular complexity index is 2810. The van der Waals surface area contributed by atoms with Gasteiger partial charge in [-0.25, -0.2) is 9.97 Å². The number of hydrogen-bond acceptors (Lipinski definition) is 18. The summed E-state index contributed by atoms with van der Waals surface area (Å²) in [6.45, 7) is 11.5. The van der Waals surface area contributed by atoms with Gasteiger partial charge in [-0.1, -0.05) is 89.1 Å². The van der Waals surface area contributed by atoms with Gasteiger partial charge in [-0.3, -0.25) is 57.7 Å². The number of ether oxygens (including phenoxy) is 1. The third-order valence-electron chi connectivity index (χ3n) is 16.9. The molecule has 5 heterocycles. The summed E-state index contributed by atoms with van der Waals surface area (Å²) in [6.07, 6.45) is 8.51. The molecular weight excluding hydrogens is 1160 g/mol. The fourth-order valence-corrected chi connectivity index (χ4v) is 14.1. The molecule has 1 aromatic carbocycles. The van der Waals surface area contributed by atoms with Gasteiger partial charge in [0.25, 0.3) is 17.7 Å². The smallest absolute Gasteiger partial charge is 0.303 e. The maximum Gasteiger partial charge on any atom is 0.303 e. The van der Waals surface area contributed by atoms with Gasteiger partial charge in [0, 0.05) is 139 Å². The van der Waals surface area contributed by atoms with Gasteiger partial charge in [0.05, 0.1) is 12.1 Å². The third-order valence-corrected chi connectivity index (χ3v) is 19.9. The van der Waals surface area contributed by atoms with E-state index >= 15 is 0 Å². The summed E-state index contributed by atoms with van der Waals surface area (Å²) in [5, 5.41) is 6.71. The highest BCUT2D eigenvalue weighted by Crippen LogP contribution is 2.34. The number of imide groups is 1. The van der Waals surface area contributed by atoms with Crippen LogP contribution in [0.2, 0.25) is 0 Å². The molecule has 1 unspecified atom stereocenters. The zero-order valence-electron chi connectivity index (χ0n) is 51.2. The Labute approximate surface area is 518 Å². The van der Waals surface area contributed by atoms with Crippen LogP contribution in [-0.2, 0) is 54.3 Å². The standard InChI is InChI=1S/C62H88N10O11S3/c1-9-41(4)45(36-52(75)48-21-14-16-27-67(48)6)59(80)68(7)49(40(2)3)37-53(83-42(5)73)58-66-47(38-85-58)60(81)69(8)50(39-86-62-64-26-33-84-62)51(74)35-44(20-13-15-25-63)57(79)65-46(34-43-18-11-10-12-19-43)61(82)71-31-29-70(30-32-71)54(76)22-17-28-72-55(77)23-24-56(72)78/h10-12,18-19,23-24,26,33,38,40-41,44-46,48-50,53H,9,13-17,20-22,25,27-32,34-37,39,63H2,1-8H3,(H,65,79)/t41-,44-,45?,46-,48+,49+,50-,53+/m0/s1. The molecule has 3 aliphatic rings. The molecule has 2 fully saturated rings. The largest absolute Gasteiger partial charge is 0.455 e. The summed E-state index contributed by atoms with van der Waals surface area (Å²) in [4.78, 5) is 156. The minimum atomic E-state index is -1.08. The summed E-state index contributed by atoms with van der Waals surface area (Å²) in [7, 11) is 5.21. The molecule has 21 nitrogen and oxygen atoms in total. The van der Waals surface area contributed by atoms with Gasteiger partial charge in [0.2, 0.25) is 23.6 Å². The van der Waals surface area contributed by atoms with Crippen LogP contribution in [0.15, 0.2) is 63.8 Å². The fourth-order valence-electron chi connectivity index (χ4n) is 11.5. The number of Topliss-reactive ketones (excluding diaryl/α,β-unsaturated/α-hetero) is 2. The number of nitrogens with one attached hydrogen (secondary N) is 1. The number of likely N-dealkylation sites (N-methyl/N-ethyl adjacent to an activating group) is 2. The van der Waals surface area contributed by atoms with Crippen molar-refractivity contribution >= 4 is 93.3 Å². The third kappa shape index (κ3) is 19.4. The van der Waals surface area contributed by atoms with E-state index in [9.17, 15) is 47.9 Å². The van der Waals surface area contributed by atoms with Gasteiger partial charge in [-0.05, 0) is 69.6 Å². The number of ketones is 2. The first-order chi connectivity index (χ1) is 41.1. The van der Waals surface area contributed by atoms with Crippen molar-refractivity contribution in [3.8, 4) is 0 Å². The quantitative estimate of drug-likeness (QED) is 0.0297. The van der Waals surface area contributed by atoms with Crippen molar-refractivity contribution in [1.29, 1.82) is 0 Å². The van der Waals surface area contributed by atoms with Crippen LogP contribution in [0.1, 0.15) is 139 Å². The number of amides is 7. The molecule has 0 aliphatic carbocycles. The van der Waals surface area contributed by atoms with E-state index in [2.05, 4.69) is 15.2 Å². The monoisotopic (exact) mass is 1240 g/mol. The fraction of sp³-hybridized carbons (Fsp3) is 0.613. The van der Waals surface area contributed by atoms with Crippen molar-refractivity contribution in [2.75, 3.05) is 72.7 Å². The van der Waals surface area contributed by atoms with Crippen molar-refractivity contribution in [2.45, 2.75) is 153 Å². The van der Waals surface area contributed by atoms with Crippen LogP contribution in [0, 0.1) is 23.7 Å². The number of likely N-dealkylation sites (tertiary alicyclic amines) is 1. The summed E-state index contributed by atoms with van der Waals surface area (Å²) in [5.74, 6) is -5.03. The van der Waals surface area contributed by atoms with Crippen LogP contribution in [0.3, 0.4) is 0 Å². The highest BCUT2D eigenvalue weighted by Gasteiger charge is 2.40. The second-order valence-corrected chi connectivity index (χ2v) is 26.3. The highest BCUT2D eigenvalue weighted by atomic mass is 32.2. The summed E-state index contributed by atoms with van der Waals surface area (Å²) >= 11 is 3.79. The van der Waals surface area contributed by atoms with E-state index < -0.39 is 71.4 Å². The minimum Gasteiger partial charge on any atom is -0.455 e. The average Bonchev–Trinajstić information content (AvgIpc) is 4.11. The second kappa shape index (κ2) is 33.8. The predicted octanol–water partition coefficient (Wildman–Crippen LogP) is 6.22. The Morgan fingerprint density at radius 2 is 1.58 bits per heavy atom. The summed E-state index contributed by atoms with van der Waals surface area (Å²) < 4.78 is 6.60. The number of thioether (sulfide) groups is 1. The Morgan fingerprint density at radius 1 is 0.884 bits per heavy atom. The summed E-state index contributed by atoms with van der Waals surface area (Å²) in [6, 6.07) is 6.48. The van der Waals surface area contributed by atoms with Crippen LogP contribution in [-0.4, -0.2) is 195 Å². The van der Waals surface area contributed by atoms with Crippen LogP contribution >= 0.6 is 34.4 Å². The van der Waals surface area contributed by atoms with E-state index in [0.29, 0.717) is 41.6 Å². The van der Waals surface area contributed by atoms with Crippen molar-refractivity contribution in [2.24, 2.45) is 29.4 Å². The molecule has 86 heavy (non-hydrogen) atoms. The van der Waals surface area contributed by atoms with Gasteiger partial charge in [-0.2, -0.15) is 0 Å². The second-order valence-electron chi connectivity index (χ2n) is 23.2. The number of esters is 1. The lowest BCUT2D eigenvalue weighted by Gasteiger charge is -2.37. The van der Waals surface area contributed by atoms with Crippen molar-refractivity contribution in [3.63, 3.8) is 0 Å². The number of carbonyl (C=O) groups excluding carboxylic acids is 10. The molecule has 8 atom stereocenters. The first-order valence-electron chi connectivity index (χ1n) is 30.2. The molecule has 2 aromatic heterocycles. The number of aromatic nitrogens is 2. The van der Waals surface area contributed by atoms with Crippen LogP contribution < -0.4 is 11.1 Å². The van der Waals surface area contributed by atoms with Gasteiger partial charge >= 0.3 is 5.97 Å². The highest BCUT2D eigenvalue weighted by molar-refractivity contribution is 8.01. The minimum absolute atomic E-state index is 0.00521. The number of hydrogen-bond donors (Lipinski definition) is 2. The van der Waals surface area contributed by atoms with E-state index in [1.807, 2.05) is 65.1 Å². The van der Waals surface area contributed by atoms with Crippen molar-refractivity contribution in [3.05, 3.63) is 75.7 Å². The van der Waals surface area contributed by atoms with E-state index in [0.717, 1.165) is 47.6 Å². The Kier molecular flexibility index (Phi) is 27.1. The lowest BCUT2D eigenvalue weighted by Crippen LogP contribution is -2.57. The number of piperidine rings is 1. The van der Waals surface area contributed by atoms with Gasteiger partial charge in [0.1, 0.15) is 21.1 Å². The molecule has 6 rings (SSSR count). The van der Waals surface area contributed by atoms with Crippen LogP contribution in [0.5, 0.6) is 0 Å². The number of rotatable bonds is 33. The normalized spacial score (nSPS) is 18.0. The van der Waals surface area contributed by atoms with Gasteiger partial charge in [-0.15, -0.1) is 22.7 Å². The molecule has 3 N–H and O–H groups in total. The predicted molar refractivity (Wildman–Crippen MR) is 331 cm³/mol. The number of carbonyl (C=O) groups is 10. The summed E-state index contributed by atoms with van der Waals surface area (Å²) in [5.41, 5.74) is 6.72. The first-order valence-corrected chi connectivity index (χ1v) is 32.9. The Balaban J connectivity index is 1.17. The van der Waals surface area contributed by atoms with E-state index in [4.69, 9.17) is 15.5 Å². The molecule has 24 heteroatoms. The molecule has 470 valence electrons.